The van der Waals surface area contributed by atoms with Gasteiger partial charge in [0.25, 0.3) is 0 Å². The van der Waals surface area contributed by atoms with Crippen LogP contribution in [0.4, 0.5) is 0 Å². The molecule has 142 valence electrons. The second kappa shape index (κ2) is 8.36. The lowest BCUT2D eigenvalue weighted by Gasteiger charge is -2.13. The number of hydrogen-bond acceptors (Lipinski definition) is 3. The molecule has 0 aliphatic heterocycles. The molecule has 4 nitrogen and oxygen atoms in total. The van der Waals surface area contributed by atoms with Gasteiger partial charge in [0, 0.05) is 10.6 Å². The highest BCUT2D eigenvalue weighted by Crippen LogP contribution is 2.28. The van der Waals surface area contributed by atoms with Crippen LogP contribution in [0.25, 0.3) is 22.4 Å². The maximum Gasteiger partial charge on any atom is 0.161 e. The van der Waals surface area contributed by atoms with Crippen molar-refractivity contribution in [1.29, 1.82) is 0 Å². The van der Waals surface area contributed by atoms with Crippen LogP contribution in [0.15, 0.2) is 72.8 Å². The Balaban J connectivity index is 1.61. The number of benzene rings is 3. The summed E-state index contributed by atoms with van der Waals surface area (Å²) in [5, 5.41) is 0.710. The molecule has 0 N–H and O–H groups in total. The zero-order valence-electron chi connectivity index (χ0n) is 15.6. The average Bonchev–Trinajstić information content (AvgIpc) is 3.09. The molecule has 0 atom stereocenters. The Labute approximate surface area is 169 Å². The number of ether oxygens (including phenoxy) is 2. The number of halogens is 1. The van der Waals surface area contributed by atoms with Crippen LogP contribution >= 0.6 is 11.6 Å². The van der Waals surface area contributed by atoms with E-state index in [0.29, 0.717) is 24.8 Å². The van der Waals surface area contributed by atoms with E-state index >= 15 is 0 Å². The van der Waals surface area contributed by atoms with Gasteiger partial charge in [0.15, 0.2) is 11.5 Å². The molecule has 0 radical (unpaired) electrons. The predicted molar refractivity (Wildman–Crippen MR) is 113 cm³/mol. The van der Waals surface area contributed by atoms with E-state index in [4.69, 9.17) is 26.1 Å². The Hall–Kier alpha value is -2.98. The van der Waals surface area contributed by atoms with Gasteiger partial charge >= 0.3 is 0 Å². The summed E-state index contributed by atoms with van der Waals surface area (Å²) in [6.07, 6.45) is 0. The lowest BCUT2D eigenvalue weighted by molar-refractivity contribution is 0.268. The number of imidazole rings is 1. The average molecular weight is 393 g/mol. The van der Waals surface area contributed by atoms with Crippen molar-refractivity contribution in [2.24, 2.45) is 0 Å². The molecule has 0 saturated heterocycles. The third-order valence-electron chi connectivity index (χ3n) is 4.48. The van der Waals surface area contributed by atoms with Crippen molar-refractivity contribution < 1.29 is 9.47 Å². The van der Waals surface area contributed by atoms with Crippen LogP contribution in [-0.2, 0) is 6.54 Å². The van der Waals surface area contributed by atoms with Crippen LogP contribution in [-0.4, -0.2) is 22.8 Å². The normalized spacial score (nSPS) is 10.9. The summed E-state index contributed by atoms with van der Waals surface area (Å²) < 4.78 is 13.9. The van der Waals surface area contributed by atoms with Crippen molar-refractivity contribution >= 4 is 22.6 Å². The first-order chi connectivity index (χ1) is 13.8. The molecule has 0 saturated carbocycles. The van der Waals surface area contributed by atoms with Gasteiger partial charge in [0.1, 0.15) is 12.4 Å². The Kier molecular flexibility index (Phi) is 5.49. The largest absolute Gasteiger partial charge is 0.490 e. The molecule has 4 aromatic rings. The first kappa shape index (κ1) is 18.4. The van der Waals surface area contributed by atoms with Crippen molar-refractivity contribution in [1.82, 2.24) is 9.55 Å². The van der Waals surface area contributed by atoms with E-state index < -0.39 is 0 Å². The lowest BCUT2D eigenvalue weighted by atomic mass is 10.2. The van der Waals surface area contributed by atoms with E-state index in [2.05, 4.69) is 10.6 Å². The number of rotatable bonds is 7. The molecule has 0 aliphatic rings. The van der Waals surface area contributed by atoms with E-state index in [1.807, 2.05) is 73.7 Å². The summed E-state index contributed by atoms with van der Waals surface area (Å²) in [6, 6.07) is 23.6. The topological polar surface area (TPSA) is 36.3 Å². The SMILES string of the molecule is CCOc1ccccc1OCCn1c(-c2ccc(Cl)cc2)nc2ccccc21. The maximum absolute atomic E-state index is 6.05. The van der Waals surface area contributed by atoms with E-state index in [1.165, 1.54) is 0 Å². The highest BCUT2D eigenvalue weighted by Gasteiger charge is 2.13. The van der Waals surface area contributed by atoms with Crippen molar-refractivity contribution in [3.8, 4) is 22.9 Å². The zero-order valence-corrected chi connectivity index (χ0v) is 16.4. The van der Waals surface area contributed by atoms with E-state index in [-0.39, 0.29) is 0 Å². The minimum atomic E-state index is 0.505. The Bertz CT molecular complexity index is 1070. The van der Waals surface area contributed by atoms with Gasteiger partial charge in [-0.15, -0.1) is 0 Å². The second-order valence-electron chi connectivity index (χ2n) is 6.31. The Morgan fingerprint density at radius 3 is 2.29 bits per heavy atom. The Morgan fingerprint density at radius 1 is 0.857 bits per heavy atom. The summed E-state index contributed by atoms with van der Waals surface area (Å²) in [5.74, 6) is 2.42. The maximum atomic E-state index is 6.05. The van der Waals surface area contributed by atoms with Crippen molar-refractivity contribution in [2.45, 2.75) is 13.5 Å². The minimum Gasteiger partial charge on any atom is -0.490 e. The quantitative estimate of drug-likeness (QED) is 0.396. The first-order valence-electron chi connectivity index (χ1n) is 9.32. The van der Waals surface area contributed by atoms with Gasteiger partial charge in [-0.2, -0.15) is 0 Å². The standard InChI is InChI=1S/C23H21ClN2O2/c1-2-27-21-9-5-6-10-22(21)28-16-15-26-20-8-4-3-7-19(20)25-23(26)17-11-13-18(24)14-12-17/h3-14H,2,15-16H2,1H3. The molecule has 4 rings (SSSR count). The summed E-state index contributed by atoms with van der Waals surface area (Å²) in [6.45, 7) is 3.74. The van der Waals surface area contributed by atoms with Gasteiger partial charge in [-0.3, -0.25) is 0 Å². The zero-order chi connectivity index (χ0) is 19.3. The third kappa shape index (κ3) is 3.82. The molecule has 0 amide bonds. The molecular weight excluding hydrogens is 372 g/mol. The molecule has 0 fully saturated rings. The smallest absolute Gasteiger partial charge is 0.161 e. The molecule has 1 heterocycles. The van der Waals surface area contributed by atoms with Gasteiger partial charge in [-0.25, -0.2) is 4.98 Å². The van der Waals surface area contributed by atoms with E-state index in [1.54, 1.807) is 0 Å². The second-order valence-corrected chi connectivity index (χ2v) is 6.75. The summed E-state index contributed by atoms with van der Waals surface area (Å²) >= 11 is 6.05. The first-order valence-corrected chi connectivity index (χ1v) is 9.70. The van der Waals surface area contributed by atoms with Gasteiger partial charge in [0.05, 0.1) is 24.2 Å². The van der Waals surface area contributed by atoms with Gasteiger partial charge in [-0.1, -0.05) is 35.9 Å². The molecular formula is C23H21ClN2O2. The van der Waals surface area contributed by atoms with Gasteiger partial charge in [0.2, 0.25) is 0 Å². The fourth-order valence-corrected chi connectivity index (χ4v) is 3.34. The molecule has 3 aromatic carbocycles. The number of nitrogens with zero attached hydrogens (tertiary/aromatic N) is 2. The van der Waals surface area contributed by atoms with Crippen LogP contribution < -0.4 is 9.47 Å². The summed E-state index contributed by atoms with van der Waals surface area (Å²) in [4.78, 5) is 4.82. The van der Waals surface area contributed by atoms with Crippen LogP contribution in [0, 0.1) is 0 Å². The highest BCUT2D eigenvalue weighted by molar-refractivity contribution is 6.30. The fourth-order valence-electron chi connectivity index (χ4n) is 3.21. The predicted octanol–water partition coefficient (Wildman–Crippen LogP) is 5.83. The number of para-hydroxylation sites is 4. The Morgan fingerprint density at radius 2 is 1.54 bits per heavy atom. The molecule has 1 aromatic heterocycles. The number of fused-ring (bicyclic) bond motifs is 1. The molecule has 0 bridgehead atoms. The van der Waals surface area contributed by atoms with Gasteiger partial charge < -0.3 is 14.0 Å². The van der Waals surface area contributed by atoms with Crippen molar-refractivity contribution in [2.75, 3.05) is 13.2 Å². The highest BCUT2D eigenvalue weighted by atomic mass is 35.5. The molecule has 5 heteroatoms. The van der Waals surface area contributed by atoms with Crippen LogP contribution in [0.2, 0.25) is 5.02 Å². The summed E-state index contributed by atoms with van der Waals surface area (Å²) in [5.41, 5.74) is 3.06. The fraction of sp³-hybridized carbons (Fsp3) is 0.174. The summed E-state index contributed by atoms with van der Waals surface area (Å²) in [7, 11) is 0. The van der Waals surface area contributed by atoms with Crippen LogP contribution in [0.5, 0.6) is 11.5 Å². The minimum absolute atomic E-state index is 0.505. The molecule has 0 spiro atoms. The molecule has 0 aliphatic carbocycles. The number of aromatic nitrogens is 2. The third-order valence-corrected chi connectivity index (χ3v) is 4.73. The van der Waals surface area contributed by atoms with E-state index in [9.17, 15) is 0 Å². The van der Waals surface area contributed by atoms with Crippen molar-refractivity contribution in [3.63, 3.8) is 0 Å². The van der Waals surface area contributed by atoms with Crippen molar-refractivity contribution in [3.05, 3.63) is 77.8 Å². The monoisotopic (exact) mass is 392 g/mol. The lowest BCUT2D eigenvalue weighted by Crippen LogP contribution is -2.10. The molecule has 28 heavy (non-hydrogen) atoms. The van der Waals surface area contributed by atoms with Crippen LogP contribution in [0.1, 0.15) is 6.92 Å². The van der Waals surface area contributed by atoms with Crippen LogP contribution in [0.3, 0.4) is 0 Å². The molecule has 0 unspecified atom stereocenters. The van der Waals surface area contributed by atoms with E-state index in [0.717, 1.165) is 33.9 Å². The number of hydrogen-bond donors (Lipinski definition) is 0. The van der Waals surface area contributed by atoms with Gasteiger partial charge in [-0.05, 0) is 55.5 Å².